The van der Waals surface area contributed by atoms with E-state index >= 15 is 0 Å². The normalized spacial score (nSPS) is 11.4. The number of anilines is 1. The number of aryl methyl sites for hydroxylation is 2. The van der Waals surface area contributed by atoms with Crippen LogP contribution < -0.4 is 10.1 Å². The maximum atomic E-state index is 12.9. The highest BCUT2D eigenvalue weighted by Gasteiger charge is 2.31. The molecular formula is C21H17ClF3NO2S. The molecule has 152 valence electrons. The van der Waals surface area contributed by atoms with Crippen molar-refractivity contribution in [3.63, 3.8) is 0 Å². The van der Waals surface area contributed by atoms with Crippen LogP contribution in [-0.2, 0) is 12.8 Å². The Bertz CT molecular complexity index is 1030. The molecule has 8 heteroatoms. The zero-order valence-corrected chi connectivity index (χ0v) is 17.1. The molecular weight excluding hydrogens is 423 g/mol. The molecule has 0 aliphatic heterocycles. The van der Waals surface area contributed by atoms with Crippen LogP contribution in [0.5, 0.6) is 5.75 Å². The molecule has 0 saturated heterocycles. The second-order valence-corrected chi connectivity index (χ2v) is 7.79. The maximum Gasteiger partial charge on any atom is 0.416 e. The van der Waals surface area contributed by atoms with Crippen molar-refractivity contribution in [2.75, 3.05) is 5.32 Å². The van der Waals surface area contributed by atoms with Gasteiger partial charge in [-0.1, -0.05) is 29.8 Å². The molecule has 1 aromatic heterocycles. The molecule has 2 aromatic carbocycles. The SMILES string of the molecule is Cc1cccc(C)c1OCc1csc(C(=O)Nc2cc(C(F)(F)F)ccc2Cl)c1. The summed E-state index contributed by atoms with van der Waals surface area (Å²) < 4.78 is 44.5. The third kappa shape index (κ3) is 5.10. The smallest absolute Gasteiger partial charge is 0.416 e. The standard InChI is InChI=1S/C21H17ClF3NO2S/c1-12-4-3-5-13(2)19(12)28-10-14-8-18(29-11-14)20(27)26-17-9-15(21(23,24)25)6-7-16(17)22/h3-9,11H,10H2,1-2H3,(H,26,27). The number of hydrogen-bond donors (Lipinski definition) is 1. The Morgan fingerprint density at radius 3 is 2.48 bits per heavy atom. The molecule has 1 heterocycles. The average Bonchev–Trinajstić information content (AvgIpc) is 3.11. The fourth-order valence-corrected chi connectivity index (χ4v) is 3.69. The van der Waals surface area contributed by atoms with Gasteiger partial charge in [-0.15, -0.1) is 11.3 Å². The van der Waals surface area contributed by atoms with Crippen LogP contribution in [0, 0.1) is 13.8 Å². The minimum absolute atomic E-state index is 0.0292. The molecule has 3 aromatic rings. The molecule has 0 atom stereocenters. The molecule has 0 fully saturated rings. The fourth-order valence-electron chi connectivity index (χ4n) is 2.73. The number of carbonyl (C=O) groups excluding carboxylic acids is 1. The number of ether oxygens (including phenoxy) is 1. The van der Waals surface area contributed by atoms with Crippen LogP contribution in [0.15, 0.2) is 47.8 Å². The molecule has 0 unspecified atom stereocenters. The van der Waals surface area contributed by atoms with Gasteiger partial charge in [0.05, 0.1) is 21.2 Å². The van der Waals surface area contributed by atoms with E-state index in [2.05, 4.69) is 5.32 Å². The lowest BCUT2D eigenvalue weighted by atomic mass is 10.1. The van der Waals surface area contributed by atoms with E-state index in [0.717, 1.165) is 40.6 Å². The Balaban J connectivity index is 1.70. The lowest BCUT2D eigenvalue weighted by Gasteiger charge is -2.11. The lowest BCUT2D eigenvalue weighted by molar-refractivity contribution is -0.137. The van der Waals surface area contributed by atoms with E-state index in [1.54, 1.807) is 11.4 Å². The molecule has 1 N–H and O–H groups in total. The molecule has 1 amide bonds. The molecule has 29 heavy (non-hydrogen) atoms. The van der Waals surface area contributed by atoms with Gasteiger partial charge in [0, 0.05) is 5.56 Å². The Morgan fingerprint density at radius 1 is 1.14 bits per heavy atom. The summed E-state index contributed by atoms with van der Waals surface area (Å²) in [6, 6.07) is 10.3. The fraction of sp³-hybridized carbons (Fsp3) is 0.190. The predicted octanol–water partition coefficient (Wildman–Crippen LogP) is 6.87. The highest BCUT2D eigenvalue weighted by molar-refractivity contribution is 7.12. The Hall–Kier alpha value is -2.51. The van der Waals surface area contributed by atoms with Crippen molar-refractivity contribution in [1.29, 1.82) is 0 Å². The largest absolute Gasteiger partial charge is 0.488 e. The van der Waals surface area contributed by atoms with Crippen LogP contribution in [-0.4, -0.2) is 5.91 Å². The highest BCUT2D eigenvalue weighted by Crippen LogP contribution is 2.34. The summed E-state index contributed by atoms with van der Waals surface area (Å²) in [5.74, 6) is 0.259. The lowest BCUT2D eigenvalue weighted by Crippen LogP contribution is -2.12. The first-order valence-electron chi connectivity index (χ1n) is 8.59. The quantitative estimate of drug-likeness (QED) is 0.471. The predicted molar refractivity (Wildman–Crippen MR) is 109 cm³/mol. The first kappa shape index (κ1) is 21.2. The van der Waals surface area contributed by atoms with E-state index in [1.165, 1.54) is 11.3 Å². The van der Waals surface area contributed by atoms with Crippen molar-refractivity contribution in [3.8, 4) is 5.75 Å². The number of benzene rings is 2. The minimum Gasteiger partial charge on any atom is -0.488 e. The Morgan fingerprint density at radius 2 is 1.83 bits per heavy atom. The van der Waals surface area contributed by atoms with Crippen molar-refractivity contribution < 1.29 is 22.7 Å². The van der Waals surface area contributed by atoms with Gasteiger partial charge in [0.15, 0.2) is 0 Å². The van der Waals surface area contributed by atoms with Gasteiger partial charge in [-0.05, 0) is 54.6 Å². The molecule has 0 aliphatic rings. The topological polar surface area (TPSA) is 38.3 Å². The van der Waals surface area contributed by atoms with Crippen LogP contribution in [0.25, 0.3) is 0 Å². The average molecular weight is 440 g/mol. The van der Waals surface area contributed by atoms with Crippen molar-refractivity contribution in [2.24, 2.45) is 0 Å². The van der Waals surface area contributed by atoms with E-state index in [0.29, 0.717) is 4.88 Å². The highest BCUT2D eigenvalue weighted by atomic mass is 35.5. The van der Waals surface area contributed by atoms with Gasteiger partial charge in [-0.2, -0.15) is 13.2 Å². The number of alkyl halides is 3. The molecule has 0 radical (unpaired) electrons. The van der Waals surface area contributed by atoms with Crippen molar-refractivity contribution in [1.82, 2.24) is 0 Å². The molecule has 0 bridgehead atoms. The molecule has 0 spiro atoms. The molecule has 3 rings (SSSR count). The zero-order chi connectivity index (χ0) is 21.2. The summed E-state index contributed by atoms with van der Waals surface area (Å²) in [5.41, 5.74) is 1.84. The maximum absolute atomic E-state index is 12.9. The van der Waals surface area contributed by atoms with Gasteiger partial charge in [0.25, 0.3) is 5.91 Å². The van der Waals surface area contributed by atoms with Gasteiger partial charge in [0.2, 0.25) is 0 Å². The number of para-hydroxylation sites is 1. The number of amides is 1. The van der Waals surface area contributed by atoms with Crippen LogP contribution in [0.2, 0.25) is 5.02 Å². The minimum atomic E-state index is -4.52. The number of nitrogens with one attached hydrogen (secondary N) is 1. The second-order valence-electron chi connectivity index (χ2n) is 6.48. The van der Waals surface area contributed by atoms with Gasteiger partial charge >= 0.3 is 6.18 Å². The number of carbonyl (C=O) groups is 1. The van der Waals surface area contributed by atoms with E-state index in [9.17, 15) is 18.0 Å². The van der Waals surface area contributed by atoms with Crippen molar-refractivity contribution in [2.45, 2.75) is 26.6 Å². The van der Waals surface area contributed by atoms with E-state index in [1.807, 2.05) is 32.0 Å². The number of thiophene rings is 1. The van der Waals surface area contributed by atoms with Crippen LogP contribution >= 0.6 is 22.9 Å². The third-order valence-corrected chi connectivity index (χ3v) is 5.52. The van der Waals surface area contributed by atoms with Crippen LogP contribution in [0.4, 0.5) is 18.9 Å². The summed E-state index contributed by atoms with van der Waals surface area (Å²) in [6.45, 7) is 4.18. The third-order valence-electron chi connectivity index (χ3n) is 4.21. The van der Waals surface area contributed by atoms with Crippen molar-refractivity contribution in [3.05, 3.63) is 80.0 Å². The Labute approximate surface area is 175 Å². The summed E-state index contributed by atoms with van der Waals surface area (Å²) in [4.78, 5) is 12.8. The number of halogens is 4. The summed E-state index contributed by atoms with van der Waals surface area (Å²) in [7, 11) is 0. The van der Waals surface area contributed by atoms with Crippen LogP contribution in [0.1, 0.15) is 31.9 Å². The number of rotatable bonds is 5. The monoisotopic (exact) mass is 439 g/mol. The van der Waals surface area contributed by atoms with Crippen molar-refractivity contribution >= 4 is 34.5 Å². The van der Waals surface area contributed by atoms with E-state index < -0.39 is 17.6 Å². The molecule has 0 saturated carbocycles. The zero-order valence-electron chi connectivity index (χ0n) is 15.6. The molecule has 0 aliphatic carbocycles. The summed E-state index contributed by atoms with van der Waals surface area (Å²) in [5, 5.41) is 4.25. The van der Waals surface area contributed by atoms with Gasteiger partial charge in [0.1, 0.15) is 12.4 Å². The van der Waals surface area contributed by atoms with Gasteiger partial charge in [-0.25, -0.2) is 0 Å². The van der Waals surface area contributed by atoms with Gasteiger partial charge < -0.3 is 10.1 Å². The Kier molecular flexibility index (Phi) is 6.19. The number of hydrogen-bond acceptors (Lipinski definition) is 3. The van der Waals surface area contributed by atoms with Crippen LogP contribution in [0.3, 0.4) is 0 Å². The summed E-state index contributed by atoms with van der Waals surface area (Å²) >= 11 is 7.11. The first-order valence-corrected chi connectivity index (χ1v) is 9.85. The first-order chi connectivity index (χ1) is 13.6. The van der Waals surface area contributed by atoms with Gasteiger partial charge in [-0.3, -0.25) is 4.79 Å². The van der Waals surface area contributed by atoms with E-state index in [4.69, 9.17) is 16.3 Å². The van der Waals surface area contributed by atoms with E-state index in [-0.39, 0.29) is 17.3 Å². The molecule has 3 nitrogen and oxygen atoms in total. The second kappa shape index (κ2) is 8.47. The summed E-state index contributed by atoms with van der Waals surface area (Å²) in [6.07, 6.45) is -4.52.